The number of nitrogens with zero attached hydrogens (tertiary/aromatic N) is 2. The molecule has 0 unspecified atom stereocenters. The van der Waals surface area contributed by atoms with E-state index in [0.717, 1.165) is 44.8 Å². The van der Waals surface area contributed by atoms with Crippen LogP contribution in [0.25, 0.3) is 0 Å². The first kappa shape index (κ1) is 15.0. The second kappa shape index (κ2) is 7.99. The van der Waals surface area contributed by atoms with Gasteiger partial charge in [0.05, 0.1) is 6.54 Å². The van der Waals surface area contributed by atoms with E-state index in [4.69, 9.17) is 5.73 Å². The summed E-state index contributed by atoms with van der Waals surface area (Å²) in [7, 11) is 0. The molecule has 5 nitrogen and oxygen atoms in total. The number of rotatable bonds is 5. The first-order valence-electron chi connectivity index (χ1n) is 7.27. The van der Waals surface area contributed by atoms with Crippen LogP contribution >= 0.6 is 0 Å². The Morgan fingerprint density at radius 1 is 1.10 bits per heavy atom. The number of anilines is 1. The number of para-hydroxylation sites is 1. The highest BCUT2D eigenvalue weighted by atomic mass is 16.2. The molecule has 20 heavy (non-hydrogen) atoms. The van der Waals surface area contributed by atoms with E-state index in [9.17, 15) is 4.79 Å². The minimum atomic E-state index is 0.0588. The average Bonchev–Trinajstić information content (AvgIpc) is 2.66. The van der Waals surface area contributed by atoms with Crippen LogP contribution in [-0.4, -0.2) is 61.5 Å². The van der Waals surface area contributed by atoms with Crippen molar-refractivity contribution in [3.05, 3.63) is 30.3 Å². The van der Waals surface area contributed by atoms with E-state index < -0.39 is 0 Å². The zero-order valence-corrected chi connectivity index (χ0v) is 11.9. The molecular weight excluding hydrogens is 252 g/mol. The number of benzene rings is 1. The van der Waals surface area contributed by atoms with Crippen molar-refractivity contribution in [1.82, 2.24) is 9.80 Å². The van der Waals surface area contributed by atoms with Crippen molar-refractivity contribution in [2.45, 2.75) is 6.42 Å². The van der Waals surface area contributed by atoms with Gasteiger partial charge in [-0.1, -0.05) is 18.2 Å². The van der Waals surface area contributed by atoms with Crippen LogP contribution in [0.3, 0.4) is 0 Å². The SMILES string of the molecule is NCCN1CCCN(CC(=O)Nc2ccccc2)CC1. The molecule has 1 fully saturated rings. The van der Waals surface area contributed by atoms with Crippen LogP contribution in [0.2, 0.25) is 0 Å². The zero-order chi connectivity index (χ0) is 14.2. The van der Waals surface area contributed by atoms with Crippen molar-refractivity contribution in [3.63, 3.8) is 0 Å². The Labute approximate surface area is 120 Å². The number of carbonyl (C=O) groups is 1. The van der Waals surface area contributed by atoms with Crippen LogP contribution in [0, 0.1) is 0 Å². The van der Waals surface area contributed by atoms with Gasteiger partial charge in [0.15, 0.2) is 0 Å². The van der Waals surface area contributed by atoms with E-state index in [1.807, 2.05) is 30.3 Å². The van der Waals surface area contributed by atoms with Gasteiger partial charge in [-0.05, 0) is 31.6 Å². The topological polar surface area (TPSA) is 61.6 Å². The van der Waals surface area contributed by atoms with Crippen molar-refractivity contribution in [2.24, 2.45) is 5.73 Å². The molecule has 0 aliphatic carbocycles. The van der Waals surface area contributed by atoms with Gasteiger partial charge in [0.25, 0.3) is 0 Å². The number of nitrogens with one attached hydrogen (secondary N) is 1. The van der Waals surface area contributed by atoms with Gasteiger partial charge in [-0.15, -0.1) is 0 Å². The molecule has 1 aliphatic rings. The maximum atomic E-state index is 12.0. The molecule has 5 heteroatoms. The smallest absolute Gasteiger partial charge is 0.238 e. The molecule has 2 rings (SSSR count). The Morgan fingerprint density at radius 3 is 2.55 bits per heavy atom. The van der Waals surface area contributed by atoms with E-state index in [0.29, 0.717) is 13.1 Å². The summed E-state index contributed by atoms with van der Waals surface area (Å²) in [5.74, 6) is 0.0588. The Kier molecular flexibility index (Phi) is 5.98. The minimum absolute atomic E-state index is 0.0588. The lowest BCUT2D eigenvalue weighted by Gasteiger charge is -2.20. The molecule has 0 spiro atoms. The van der Waals surface area contributed by atoms with E-state index in [1.54, 1.807) is 0 Å². The van der Waals surface area contributed by atoms with Gasteiger partial charge in [0.2, 0.25) is 5.91 Å². The van der Waals surface area contributed by atoms with Gasteiger partial charge in [0.1, 0.15) is 0 Å². The number of amides is 1. The monoisotopic (exact) mass is 276 g/mol. The molecule has 0 radical (unpaired) electrons. The van der Waals surface area contributed by atoms with E-state index in [1.165, 1.54) is 0 Å². The van der Waals surface area contributed by atoms with Crippen LogP contribution in [-0.2, 0) is 4.79 Å². The fraction of sp³-hybridized carbons (Fsp3) is 0.533. The second-order valence-corrected chi connectivity index (χ2v) is 5.17. The fourth-order valence-corrected chi connectivity index (χ4v) is 2.51. The lowest BCUT2D eigenvalue weighted by Crippen LogP contribution is -2.37. The predicted octanol–water partition coefficient (Wildman–Crippen LogP) is 0.592. The van der Waals surface area contributed by atoms with E-state index in [-0.39, 0.29) is 5.91 Å². The van der Waals surface area contributed by atoms with Crippen LogP contribution in [0.15, 0.2) is 30.3 Å². The minimum Gasteiger partial charge on any atom is -0.329 e. The third-order valence-electron chi connectivity index (χ3n) is 3.55. The highest BCUT2D eigenvalue weighted by molar-refractivity contribution is 5.92. The number of nitrogens with two attached hydrogens (primary N) is 1. The van der Waals surface area contributed by atoms with Crippen molar-refractivity contribution >= 4 is 11.6 Å². The maximum Gasteiger partial charge on any atom is 0.238 e. The van der Waals surface area contributed by atoms with Crippen molar-refractivity contribution < 1.29 is 4.79 Å². The Balaban J connectivity index is 1.77. The Bertz CT molecular complexity index is 410. The number of carbonyl (C=O) groups excluding carboxylic acids is 1. The van der Waals surface area contributed by atoms with Gasteiger partial charge in [-0.3, -0.25) is 9.69 Å². The normalized spacial score (nSPS) is 17.6. The third kappa shape index (κ3) is 4.92. The largest absolute Gasteiger partial charge is 0.329 e. The summed E-state index contributed by atoms with van der Waals surface area (Å²) in [6.07, 6.45) is 1.10. The highest BCUT2D eigenvalue weighted by Crippen LogP contribution is 2.06. The van der Waals surface area contributed by atoms with Gasteiger partial charge in [-0.2, -0.15) is 0 Å². The first-order chi connectivity index (χ1) is 9.78. The van der Waals surface area contributed by atoms with Crippen molar-refractivity contribution in [3.8, 4) is 0 Å². The van der Waals surface area contributed by atoms with Crippen molar-refractivity contribution in [2.75, 3.05) is 51.1 Å². The molecule has 1 amide bonds. The lowest BCUT2D eigenvalue weighted by molar-refractivity contribution is -0.117. The Morgan fingerprint density at radius 2 is 1.80 bits per heavy atom. The summed E-state index contributed by atoms with van der Waals surface area (Å²) in [5, 5.41) is 2.93. The molecule has 1 aromatic carbocycles. The van der Waals surface area contributed by atoms with Gasteiger partial charge in [0, 0.05) is 31.9 Å². The maximum absolute atomic E-state index is 12.0. The molecule has 1 heterocycles. The van der Waals surface area contributed by atoms with Crippen LogP contribution in [0.5, 0.6) is 0 Å². The number of hydrogen-bond donors (Lipinski definition) is 2. The summed E-state index contributed by atoms with van der Waals surface area (Å²) in [6, 6.07) is 9.60. The first-order valence-corrected chi connectivity index (χ1v) is 7.27. The fourth-order valence-electron chi connectivity index (χ4n) is 2.51. The van der Waals surface area contributed by atoms with Gasteiger partial charge < -0.3 is 16.0 Å². The number of hydrogen-bond acceptors (Lipinski definition) is 4. The summed E-state index contributed by atoms with van der Waals surface area (Å²) < 4.78 is 0. The molecule has 3 N–H and O–H groups in total. The van der Waals surface area contributed by atoms with Gasteiger partial charge >= 0.3 is 0 Å². The third-order valence-corrected chi connectivity index (χ3v) is 3.55. The average molecular weight is 276 g/mol. The van der Waals surface area contributed by atoms with E-state index >= 15 is 0 Å². The highest BCUT2D eigenvalue weighted by Gasteiger charge is 2.16. The summed E-state index contributed by atoms with van der Waals surface area (Å²) in [6.45, 7) is 6.10. The molecule has 110 valence electrons. The molecule has 0 bridgehead atoms. The molecule has 0 aromatic heterocycles. The lowest BCUT2D eigenvalue weighted by atomic mass is 10.3. The van der Waals surface area contributed by atoms with Gasteiger partial charge in [-0.25, -0.2) is 0 Å². The molecule has 0 saturated carbocycles. The predicted molar refractivity (Wildman–Crippen MR) is 81.6 cm³/mol. The molecule has 1 aromatic rings. The van der Waals surface area contributed by atoms with Crippen LogP contribution in [0.4, 0.5) is 5.69 Å². The summed E-state index contributed by atoms with van der Waals surface area (Å²) >= 11 is 0. The van der Waals surface area contributed by atoms with E-state index in [2.05, 4.69) is 15.1 Å². The zero-order valence-electron chi connectivity index (χ0n) is 11.9. The Hall–Kier alpha value is -1.43. The summed E-state index contributed by atoms with van der Waals surface area (Å²) in [5.41, 5.74) is 6.45. The second-order valence-electron chi connectivity index (χ2n) is 5.17. The molecule has 1 aliphatic heterocycles. The van der Waals surface area contributed by atoms with Crippen LogP contribution < -0.4 is 11.1 Å². The molecule has 1 saturated heterocycles. The quantitative estimate of drug-likeness (QED) is 0.826. The van der Waals surface area contributed by atoms with Crippen molar-refractivity contribution in [1.29, 1.82) is 0 Å². The molecular formula is C15H24N4O. The standard InChI is InChI=1S/C15H24N4O/c16-7-10-18-8-4-9-19(12-11-18)13-15(20)17-14-5-2-1-3-6-14/h1-3,5-6H,4,7-13,16H2,(H,17,20). The molecule has 0 atom stereocenters. The summed E-state index contributed by atoms with van der Waals surface area (Å²) in [4.78, 5) is 16.6. The van der Waals surface area contributed by atoms with Crippen LogP contribution in [0.1, 0.15) is 6.42 Å².